The maximum Gasteiger partial charge on any atom is 0.252 e. The van der Waals surface area contributed by atoms with Crippen molar-refractivity contribution < 1.29 is 9.90 Å². The second kappa shape index (κ2) is 3.95. The van der Waals surface area contributed by atoms with Crippen molar-refractivity contribution in [2.75, 3.05) is 6.61 Å². The van der Waals surface area contributed by atoms with E-state index in [0.29, 0.717) is 5.92 Å². The molecule has 1 unspecified atom stereocenters. The fraction of sp³-hybridized carbons (Fsp3) is 0.400. The molecule has 3 aliphatic rings. The Labute approximate surface area is 107 Å². The number of carbonyl (C=O) groups excluding carboxylic acids is 1. The Morgan fingerprint density at radius 1 is 1.44 bits per heavy atom. The number of carbonyl (C=O) groups is 1. The minimum Gasteiger partial charge on any atom is -0.394 e. The number of amides is 1. The predicted molar refractivity (Wildman–Crippen MR) is 69.7 cm³/mol. The number of allylic oxidation sites excluding steroid dienone is 6. The molecule has 2 atom stereocenters. The summed E-state index contributed by atoms with van der Waals surface area (Å²) >= 11 is 0. The Morgan fingerprint density at radius 2 is 2.22 bits per heavy atom. The van der Waals surface area contributed by atoms with Crippen LogP contribution in [0.4, 0.5) is 0 Å². The molecule has 0 radical (unpaired) electrons. The average Bonchev–Trinajstić information content (AvgIpc) is 2.83. The zero-order chi connectivity index (χ0) is 12.9. The van der Waals surface area contributed by atoms with E-state index in [1.165, 1.54) is 11.1 Å². The molecule has 18 heavy (non-hydrogen) atoms. The van der Waals surface area contributed by atoms with Gasteiger partial charge in [0, 0.05) is 11.5 Å². The summed E-state index contributed by atoms with van der Waals surface area (Å²) in [6.07, 6.45) is 8.21. The quantitative estimate of drug-likeness (QED) is 0.785. The molecule has 0 fully saturated rings. The fourth-order valence-electron chi connectivity index (χ4n) is 2.53. The van der Waals surface area contributed by atoms with Gasteiger partial charge < -0.3 is 10.4 Å². The van der Waals surface area contributed by atoms with Crippen molar-refractivity contribution in [3.63, 3.8) is 0 Å². The lowest BCUT2D eigenvalue weighted by atomic mass is 10.0. The Balaban J connectivity index is 1.71. The van der Waals surface area contributed by atoms with Gasteiger partial charge in [-0.1, -0.05) is 26.0 Å². The summed E-state index contributed by atoms with van der Waals surface area (Å²) in [5.74, 6) is 0.615. The lowest BCUT2D eigenvalue weighted by Crippen LogP contribution is -2.41. The van der Waals surface area contributed by atoms with Crippen molar-refractivity contribution in [3.05, 3.63) is 46.6 Å². The summed E-state index contributed by atoms with van der Waals surface area (Å²) in [4.78, 5) is 12.2. The number of aliphatic hydroxyl groups excluding tert-OH is 1. The molecule has 3 rings (SSSR count). The first-order valence-corrected chi connectivity index (χ1v) is 6.39. The van der Waals surface area contributed by atoms with Crippen LogP contribution in [0.25, 0.3) is 0 Å². The van der Waals surface area contributed by atoms with Crippen LogP contribution in [-0.2, 0) is 4.79 Å². The van der Waals surface area contributed by atoms with Crippen molar-refractivity contribution in [1.82, 2.24) is 5.32 Å². The summed E-state index contributed by atoms with van der Waals surface area (Å²) in [5.41, 5.74) is 4.38. The molecule has 0 bridgehead atoms. The molecule has 1 amide bonds. The topological polar surface area (TPSA) is 49.3 Å². The molecular formula is C15H17NO2. The molecule has 0 saturated heterocycles. The monoisotopic (exact) mass is 243 g/mol. The van der Waals surface area contributed by atoms with Crippen LogP contribution < -0.4 is 5.32 Å². The van der Waals surface area contributed by atoms with Gasteiger partial charge in [-0.25, -0.2) is 0 Å². The van der Waals surface area contributed by atoms with Gasteiger partial charge in [0.25, 0.3) is 5.91 Å². The van der Waals surface area contributed by atoms with Gasteiger partial charge in [-0.3, -0.25) is 4.79 Å². The summed E-state index contributed by atoms with van der Waals surface area (Å²) in [6, 6.07) is -0.182. The molecule has 0 saturated carbocycles. The van der Waals surface area contributed by atoms with E-state index in [1.54, 1.807) is 0 Å². The molecule has 3 nitrogen and oxygen atoms in total. The van der Waals surface area contributed by atoms with Crippen LogP contribution in [0.5, 0.6) is 0 Å². The Hall–Kier alpha value is -1.61. The van der Waals surface area contributed by atoms with Crippen LogP contribution in [-0.4, -0.2) is 23.7 Å². The van der Waals surface area contributed by atoms with Crippen LogP contribution >= 0.6 is 0 Å². The van der Waals surface area contributed by atoms with Gasteiger partial charge in [-0.2, -0.15) is 0 Å². The molecule has 0 aromatic carbocycles. The van der Waals surface area contributed by atoms with Crippen molar-refractivity contribution >= 4 is 5.91 Å². The van der Waals surface area contributed by atoms with E-state index in [9.17, 15) is 9.90 Å². The number of hydrogen-bond acceptors (Lipinski definition) is 2. The minimum atomic E-state index is -0.182. The zero-order valence-electron chi connectivity index (χ0n) is 10.6. The smallest absolute Gasteiger partial charge is 0.252 e. The molecule has 0 aliphatic heterocycles. The largest absolute Gasteiger partial charge is 0.394 e. The molecule has 3 aliphatic carbocycles. The number of nitrogens with one attached hydrogen (secondary N) is 1. The zero-order valence-corrected chi connectivity index (χ0v) is 10.6. The van der Waals surface area contributed by atoms with E-state index in [-0.39, 0.29) is 24.5 Å². The molecule has 2 N–H and O–H groups in total. The number of aliphatic hydroxyl groups is 1. The van der Waals surface area contributed by atoms with Crippen molar-refractivity contribution in [2.45, 2.75) is 19.9 Å². The third-order valence-electron chi connectivity index (χ3n) is 3.85. The van der Waals surface area contributed by atoms with E-state index in [0.717, 1.165) is 11.1 Å². The Bertz CT molecular complexity index is 535. The van der Waals surface area contributed by atoms with E-state index < -0.39 is 0 Å². The van der Waals surface area contributed by atoms with Crippen LogP contribution in [0.3, 0.4) is 0 Å². The molecular weight excluding hydrogens is 226 g/mol. The SMILES string of the molecule is CC(C)[C@@H](CO)NC(=O)C1=CC=C2C1=CC1=CC12. The van der Waals surface area contributed by atoms with Gasteiger partial charge in [0.1, 0.15) is 0 Å². The van der Waals surface area contributed by atoms with Gasteiger partial charge in [0.05, 0.1) is 12.6 Å². The third kappa shape index (κ3) is 1.66. The van der Waals surface area contributed by atoms with Crippen LogP contribution in [0.1, 0.15) is 13.8 Å². The second-order valence-electron chi connectivity index (χ2n) is 5.41. The summed E-state index contributed by atoms with van der Waals surface area (Å²) in [6.45, 7) is 3.95. The highest BCUT2D eigenvalue weighted by Gasteiger charge is 2.39. The maximum absolute atomic E-state index is 12.2. The molecule has 0 aromatic rings. The number of fused-ring (bicyclic) bond motifs is 3. The minimum absolute atomic E-state index is 0.0240. The van der Waals surface area contributed by atoms with Crippen LogP contribution in [0, 0.1) is 11.8 Å². The third-order valence-corrected chi connectivity index (χ3v) is 3.85. The Morgan fingerprint density at radius 3 is 2.89 bits per heavy atom. The lowest BCUT2D eigenvalue weighted by Gasteiger charge is -2.20. The molecule has 94 valence electrons. The maximum atomic E-state index is 12.2. The summed E-state index contributed by atoms with van der Waals surface area (Å²) in [7, 11) is 0. The summed E-state index contributed by atoms with van der Waals surface area (Å²) in [5, 5.41) is 12.2. The number of hydrogen-bond donors (Lipinski definition) is 2. The highest BCUT2D eigenvalue weighted by Crippen LogP contribution is 2.51. The highest BCUT2D eigenvalue weighted by atomic mass is 16.3. The fourth-order valence-corrected chi connectivity index (χ4v) is 2.53. The van der Waals surface area contributed by atoms with Crippen LogP contribution in [0.15, 0.2) is 46.6 Å². The van der Waals surface area contributed by atoms with E-state index in [4.69, 9.17) is 0 Å². The Kier molecular flexibility index (Phi) is 2.52. The normalized spacial score (nSPS) is 24.8. The predicted octanol–water partition coefficient (Wildman–Crippen LogP) is 1.48. The van der Waals surface area contributed by atoms with E-state index >= 15 is 0 Å². The van der Waals surface area contributed by atoms with Crippen molar-refractivity contribution in [2.24, 2.45) is 11.8 Å². The molecule has 3 heteroatoms. The first kappa shape index (κ1) is 11.5. The lowest BCUT2D eigenvalue weighted by molar-refractivity contribution is -0.118. The average molecular weight is 243 g/mol. The van der Waals surface area contributed by atoms with Crippen molar-refractivity contribution in [1.29, 1.82) is 0 Å². The van der Waals surface area contributed by atoms with Gasteiger partial charge in [0.15, 0.2) is 0 Å². The van der Waals surface area contributed by atoms with E-state index in [1.807, 2.05) is 26.0 Å². The molecule has 0 heterocycles. The molecule has 0 aromatic heterocycles. The van der Waals surface area contributed by atoms with Gasteiger partial charge in [-0.15, -0.1) is 0 Å². The van der Waals surface area contributed by atoms with E-state index in [2.05, 4.69) is 17.5 Å². The highest BCUT2D eigenvalue weighted by molar-refractivity contribution is 6.02. The first-order chi connectivity index (χ1) is 8.61. The van der Waals surface area contributed by atoms with Gasteiger partial charge >= 0.3 is 0 Å². The number of rotatable bonds is 4. The standard InChI is InChI=1S/C15H17NO2/c1-8(2)14(7-17)16-15(18)11-4-3-10-12-5-9(12)6-13(10)11/h3-6,8,12,14,17H,7H2,1-2H3,(H,16,18)/t12?,14-/m1/s1. The summed E-state index contributed by atoms with van der Waals surface area (Å²) < 4.78 is 0. The van der Waals surface area contributed by atoms with Gasteiger partial charge in [0.2, 0.25) is 0 Å². The molecule has 0 spiro atoms. The van der Waals surface area contributed by atoms with Gasteiger partial charge in [-0.05, 0) is 34.8 Å². The van der Waals surface area contributed by atoms with Crippen molar-refractivity contribution in [3.8, 4) is 0 Å². The first-order valence-electron chi connectivity index (χ1n) is 6.39. The van der Waals surface area contributed by atoms with Crippen LogP contribution in [0.2, 0.25) is 0 Å². The second-order valence-corrected chi connectivity index (χ2v) is 5.41.